The Morgan fingerprint density at radius 1 is 0.829 bits per heavy atom. The number of fused-ring (bicyclic) bond motifs is 3. The summed E-state index contributed by atoms with van der Waals surface area (Å²) in [4.78, 5) is 13.4. The molecule has 1 radical (unpaired) electrons. The molecule has 2 aromatic carbocycles. The van der Waals surface area contributed by atoms with Crippen molar-refractivity contribution in [3.63, 3.8) is 0 Å². The molecule has 0 saturated heterocycles. The standard InChI is InChI=1S/C18H24GeN.C17H11N2O.Ir/c1-14(2)11-16-12-18(15-9-7-6-8-10-15)20-13-17(16)19(3,4)5;1-11-7-9-18-15(10-11)14-5-2-4-12-13-6-3-8-19-17(13)20-16(12)14;/h6-9,12-14H,11H2,1-5H3;2-4,6-10H,1H3;/q2*-1;. The Hall–Kier alpha value is -3.12. The summed E-state index contributed by atoms with van der Waals surface area (Å²) in [7, 11) is 0. The third kappa shape index (κ3) is 7.21. The van der Waals surface area contributed by atoms with E-state index in [1.54, 1.807) is 16.8 Å². The minimum Gasteiger partial charge on any atom is -0.486 e. The van der Waals surface area contributed by atoms with E-state index in [1.807, 2.05) is 61.5 Å². The van der Waals surface area contributed by atoms with Crippen LogP contribution >= 0.6 is 0 Å². The Bertz CT molecular complexity index is 1760. The summed E-state index contributed by atoms with van der Waals surface area (Å²) >= 11 is -1.86. The largest absolute Gasteiger partial charge is 0.486 e. The van der Waals surface area contributed by atoms with E-state index in [9.17, 15) is 0 Å². The molecule has 4 heterocycles. The summed E-state index contributed by atoms with van der Waals surface area (Å²) in [5, 5.41) is 2.07. The molecule has 0 aliphatic rings. The van der Waals surface area contributed by atoms with Gasteiger partial charge in [-0.05, 0) is 30.8 Å². The third-order valence-electron chi connectivity index (χ3n) is 6.79. The van der Waals surface area contributed by atoms with E-state index in [0.717, 1.165) is 50.9 Å². The fraction of sp³-hybridized carbons (Fsp3) is 0.229. The van der Waals surface area contributed by atoms with E-state index < -0.39 is 13.3 Å². The average molecular weight is 779 g/mol. The summed E-state index contributed by atoms with van der Waals surface area (Å²) in [6.07, 6.45) is 6.81. The van der Waals surface area contributed by atoms with Gasteiger partial charge in [-0.25, -0.2) is 4.98 Å². The maximum absolute atomic E-state index is 5.90. The fourth-order valence-electron chi connectivity index (χ4n) is 4.92. The van der Waals surface area contributed by atoms with Gasteiger partial charge in [-0.3, -0.25) is 0 Å². The van der Waals surface area contributed by atoms with Crippen LogP contribution in [0, 0.1) is 25.0 Å². The van der Waals surface area contributed by atoms with Gasteiger partial charge >= 0.3 is 126 Å². The van der Waals surface area contributed by atoms with E-state index in [1.165, 1.54) is 5.56 Å². The normalized spacial score (nSPS) is 11.3. The molecule has 4 nitrogen and oxygen atoms in total. The fourth-order valence-corrected chi connectivity index (χ4v) is 8.26. The molecule has 6 rings (SSSR count). The molecule has 0 aliphatic heterocycles. The number of aryl methyl sites for hydroxylation is 1. The summed E-state index contributed by atoms with van der Waals surface area (Å²) in [6, 6.07) is 28.7. The first kappa shape index (κ1) is 30.8. The Labute approximate surface area is 259 Å². The van der Waals surface area contributed by atoms with Gasteiger partial charge in [0.1, 0.15) is 0 Å². The molecule has 0 N–H and O–H groups in total. The molecule has 0 spiro atoms. The Balaban J connectivity index is 0.000000184. The zero-order valence-electron chi connectivity index (χ0n) is 24.5. The summed E-state index contributed by atoms with van der Waals surface area (Å²) < 4.78 is 7.44. The molecular formula is C35H35GeIrN3O-2. The first-order chi connectivity index (χ1) is 19.2. The Morgan fingerprint density at radius 2 is 1.66 bits per heavy atom. The topological polar surface area (TPSA) is 51.8 Å². The van der Waals surface area contributed by atoms with E-state index in [0.29, 0.717) is 11.6 Å². The van der Waals surface area contributed by atoms with Gasteiger partial charge in [0.15, 0.2) is 0 Å². The third-order valence-corrected chi connectivity index (χ3v) is 11.1. The molecule has 0 saturated carbocycles. The minimum absolute atomic E-state index is 0. The Morgan fingerprint density at radius 3 is 2.37 bits per heavy atom. The number of hydrogen-bond donors (Lipinski definition) is 0. The molecule has 0 unspecified atom stereocenters. The van der Waals surface area contributed by atoms with E-state index >= 15 is 0 Å². The van der Waals surface area contributed by atoms with Crippen LogP contribution in [0.1, 0.15) is 25.0 Å². The second-order valence-electron chi connectivity index (χ2n) is 11.6. The second kappa shape index (κ2) is 13.2. The molecule has 0 atom stereocenters. The van der Waals surface area contributed by atoms with Crippen molar-refractivity contribution in [1.82, 2.24) is 15.0 Å². The van der Waals surface area contributed by atoms with Crippen molar-refractivity contribution in [3.8, 4) is 22.5 Å². The van der Waals surface area contributed by atoms with Crippen LogP contribution in [0.25, 0.3) is 44.6 Å². The molecule has 4 aromatic heterocycles. The number of benzene rings is 2. The molecule has 41 heavy (non-hydrogen) atoms. The van der Waals surface area contributed by atoms with Crippen LogP contribution in [0.5, 0.6) is 0 Å². The van der Waals surface area contributed by atoms with Crippen LogP contribution in [0.3, 0.4) is 0 Å². The second-order valence-corrected chi connectivity index (χ2v) is 22.2. The summed E-state index contributed by atoms with van der Waals surface area (Å²) in [5.41, 5.74) is 7.99. The maximum atomic E-state index is 5.90. The molecule has 0 bridgehead atoms. The van der Waals surface area contributed by atoms with Crippen molar-refractivity contribution in [3.05, 3.63) is 109 Å². The van der Waals surface area contributed by atoms with Gasteiger partial charge in [-0.1, -0.05) is 22.6 Å². The first-order valence-corrected chi connectivity index (χ1v) is 21.1. The van der Waals surface area contributed by atoms with Gasteiger partial charge in [-0.15, -0.1) is 18.2 Å². The van der Waals surface area contributed by atoms with Crippen molar-refractivity contribution in [2.75, 3.05) is 0 Å². The zero-order valence-corrected chi connectivity index (χ0v) is 28.9. The number of nitrogens with zero attached hydrogens (tertiary/aromatic N) is 3. The van der Waals surface area contributed by atoms with Gasteiger partial charge in [-0.2, -0.15) is 0 Å². The number of aromatic nitrogens is 3. The van der Waals surface area contributed by atoms with Crippen LogP contribution in [0.2, 0.25) is 17.3 Å². The zero-order chi connectivity index (χ0) is 28.3. The van der Waals surface area contributed by atoms with Crippen molar-refractivity contribution in [2.45, 2.75) is 44.5 Å². The van der Waals surface area contributed by atoms with Gasteiger partial charge in [0.25, 0.3) is 0 Å². The van der Waals surface area contributed by atoms with E-state index in [4.69, 9.17) is 9.40 Å². The summed E-state index contributed by atoms with van der Waals surface area (Å²) in [6.45, 7) is 6.62. The van der Waals surface area contributed by atoms with Crippen molar-refractivity contribution < 1.29 is 24.5 Å². The number of hydrogen-bond acceptors (Lipinski definition) is 4. The quantitative estimate of drug-likeness (QED) is 0.130. The van der Waals surface area contributed by atoms with Gasteiger partial charge in [0, 0.05) is 37.9 Å². The number of rotatable bonds is 5. The molecule has 6 aromatic rings. The van der Waals surface area contributed by atoms with E-state index in [-0.39, 0.29) is 20.1 Å². The van der Waals surface area contributed by atoms with Crippen LogP contribution in [0.15, 0.2) is 89.7 Å². The SMILES string of the molecule is CC(C)Cc1cc(-c2[c-]cccc2)nc[c]1[Ge]([CH3])([CH3])[CH3].Cc1ccnc(-c2[c-]ccc3c2oc2ncccc23)c1.[Ir]. The molecule has 0 amide bonds. The van der Waals surface area contributed by atoms with Crippen LogP contribution in [0.4, 0.5) is 0 Å². The van der Waals surface area contributed by atoms with Gasteiger partial charge < -0.3 is 9.40 Å². The van der Waals surface area contributed by atoms with Gasteiger partial charge in [0.2, 0.25) is 5.71 Å². The average Bonchev–Trinajstić information content (AvgIpc) is 3.32. The number of furan rings is 1. The van der Waals surface area contributed by atoms with E-state index in [2.05, 4.69) is 71.5 Å². The summed E-state index contributed by atoms with van der Waals surface area (Å²) in [5.74, 6) is 7.99. The Kier molecular flexibility index (Phi) is 9.96. The molecule has 211 valence electrons. The van der Waals surface area contributed by atoms with Gasteiger partial charge in [0.05, 0.1) is 5.58 Å². The predicted molar refractivity (Wildman–Crippen MR) is 168 cm³/mol. The number of pyridine rings is 3. The monoisotopic (exact) mass is 780 g/mol. The van der Waals surface area contributed by atoms with Crippen molar-refractivity contribution in [2.24, 2.45) is 5.92 Å². The first-order valence-electron chi connectivity index (χ1n) is 13.8. The van der Waals surface area contributed by atoms with Crippen LogP contribution < -0.4 is 4.40 Å². The van der Waals surface area contributed by atoms with Crippen molar-refractivity contribution >= 4 is 39.7 Å². The van der Waals surface area contributed by atoms with Crippen molar-refractivity contribution in [1.29, 1.82) is 0 Å². The molecule has 0 aliphatic carbocycles. The predicted octanol–water partition coefficient (Wildman–Crippen LogP) is 8.44. The maximum Gasteiger partial charge on any atom is 0.216 e. The minimum atomic E-state index is -1.86. The van der Waals surface area contributed by atoms with Crippen LogP contribution in [-0.4, -0.2) is 28.2 Å². The molecular weight excluding hydrogens is 743 g/mol. The van der Waals surface area contributed by atoms with Crippen LogP contribution in [-0.2, 0) is 26.5 Å². The molecule has 6 heteroatoms. The molecule has 0 fully saturated rings. The smallest absolute Gasteiger partial charge is 0.216 e.